The Morgan fingerprint density at radius 1 is 1.05 bits per heavy atom. The molecule has 0 radical (unpaired) electrons. The summed E-state index contributed by atoms with van der Waals surface area (Å²) in [6.07, 6.45) is 3.75. The van der Waals surface area contributed by atoms with Crippen molar-refractivity contribution in [3.63, 3.8) is 0 Å². The molecule has 1 unspecified atom stereocenters. The lowest BCUT2D eigenvalue weighted by Crippen LogP contribution is -2.49. The minimum absolute atomic E-state index is 0.768. The Hall–Kier alpha value is 0.274. The molecular formula is C15H35NO3Si2. The normalized spacial score (nSPS) is 23.9. The van der Waals surface area contributed by atoms with Crippen LogP contribution >= 0.6 is 0 Å². The van der Waals surface area contributed by atoms with Crippen molar-refractivity contribution in [2.75, 3.05) is 32.9 Å². The van der Waals surface area contributed by atoms with Crippen molar-refractivity contribution in [3.05, 3.63) is 0 Å². The van der Waals surface area contributed by atoms with Crippen LogP contribution in [0.25, 0.3) is 0 Å². The van der Waals surface area contributed by atoms with Crippen molar-refractivity contribution in [1.82, 2.24) is 4.57 Å². The highest BCUT2D eigenvalue weighted by Crippen LogP contribution is 2.27. The summed E-state index contributed by atoms with van der Waals surface area (Å²) in [5, 5.41) is 0. The SMILES string of the molecule is CCO[Si](C)(CCCCN1CCC[Si]1(C)OCC)OCC. The van der Waals surface area contributed by atoms with E-state index in [4.69, 9.17) is 13.3 Å². The number of nitrogens with zero attached hydrogens (tertiary/aromatic N) is 1. The monoisotopic (exact) mass is 333 g/mol. The van der Waals surface area contributed by atoms with Gasteiger partial charge >= 0.3 is 8.56 Å². The van der Waals surface area contributed by atoms with E-state index in [-0.39, 0.29) is 0 Å². The lowest BCUT2D eigenvalue weighted by Gasteiger charge is -2.32. The van der Waals surface area contributed by atoms with Gasteiger partial charge in [0, 0.05) is 19.8 Å². The molecule has 21 heavy (non-hydrogen) atoms. The maximum Gasteiger partial charge on any atom is 0.334 e. The Labute approximate surface area is 133 Å². The molecule has 0 N–H and O–H groups in total. The van der Waals surface area contributed by atoms with Crippen molar-refractivity contribution in [2.45, 2.75) is 65.2 Å². The fourth-order valence-electron chi connectivity index (χ4n) is 3.36. The molecule has 1 heterocycles. The van der Waals surface area contributed by atoms with Crippen LogP contribution in [0.5, 0.6) is 0 Å². The maximum absolute atomic E-state index is 6.10. The van der Waals surface area contributed by atoms with Crippen molar-refractivity contribution in [3.8, 4) is 0 Å². The van der Waals surface area contributed by atoms with Gasteiger partial charge in [0.25, 0.3) is 8.48 Å². The van der Waals surface area contributed by atoms with Gasteiger partial charge in [-0.15, -0.1) is 0 Å². The Morgan fingerprint density at radius 2 is 1.71 bits per heavy atom. The smallest absolute Gasteiger partial charge is 0.334 e. The molecule has 0 aliphatic carbocycles. The molecule has 1 atom stereocenters. The van der Waals surface area contributed by atoms with Crippen LogP contribution in [0.15, 0.2) is 0 Å². The van der Waals surface area contributed by atoms with E-state index in [0.717, 1.165) is 25.9 Å². The zero-order valence-corrected chi connectivity index (χ0v) is 16.7. The molecular weight excluding hydrogens is 298 g/mol. The topological polar surface area (TPSA) is 30.9 Å². The average molecular weight is 334 g/mol. The average Bonchev–Trinajstić information content (AvgIpc) is 2.77. The summed E-state index contributed by atoms with van der Waals surface area (Å²) >= 11 is 0. The van der Waals surface area contributed by atoms with Gasteiger partial charge in [0.1, 0.15) is 0 Å². The molecule has 1 aliphatic heterocycles. The summed E-state index contributed by atoms with van der Waals surface area (Å²) in [4.78, 5) is 0. The Bertz CT molecular complexity index is 288. The molecule has 0 aromatic rings. The second-order valence-electron chi connectivity index (χ2n) is 6.16. The summed E-state index contributed by atoms with van der Waals surface area (Å²) < 4.78 is 20.6. The minimum atomic E-state index is -1.92. The van der Waals surface area contributed by atoms with Crippen LogP contribution in [0.4, 0.5) is 0 Å². The Balaban J connectivity index is 2.32. The van der Waals surface area contributed by atoms with E-state index in [1.165, 1.54) is 38.4 Å². The molecule has 0 saturated carbocycles. The zero-order chi connectivity index (χ0) is 15.8. The van der Waals surface area contributed by atoms with Crippen molar-refractivity contribution < 1.29 is 13.3 Å². The largest absolute Gasteiger partial charge is 0.403 e. The molecule has 0 bridgehead atoms. The van der Waals surface area contributed by atoms with Crippen molar-refractivity contribution in [2.24, 2.45) is 0 Å². The molecule has 1 saturated heterocycles. The van der Waals surface area contributed by atoms with Crippen LogP contribution in [-0.4, -0.2) is 54.5 Å². The van der Waals surface area contributed by atoms with E-state index in [1.54, 1.807) is 0 Å². The minimum Gasteiger partial charge on any atom is -0.403 e. The Morgan fingerprint density at radius 3 is 2.29 bits per heavy atom. The summed E-state index contributed by atoms with van der Waals surface area (Å²) in [6, 6.07) is 2.40. The highest BCUT2D eigenvalue weighted by Gasteiger charge is 2.40. The van der Waals surface area contributed by atoms with Gasteiger partial charge in [-0.3, -0.25) is 0 Å². The van der Waals surface area contributed by atoms with E-state index >= 15 is 0 Å². The zero-order valence-electron chi connectivity index (χ0n) is 14.7. The van der Waals surface area contributed by atoms with E-state index in [1.807, 2.05) is 0 Å². The van der Waals surface area contributed by atoms with Gasteiger partial charge in [0.15, 0.2) is 0 Å². The molecule has 1 aliphatic rings. The number of hydrogen-bond donors (Lipinski definition) is 0. The van der Waals surface area contributed by atoms with E-state index in [0.29, 0.717) is 0 Å². The van der Waals surface area contributed by atoms with E-state index in [9.17, 15) is 0 Å². The van der Waals surface area contributed by atoms with Gasteiger partial charge in [-0.2, -0.15) is 0 Å². The first-order valence-corrected chi connectivity index (χ1v) is 13.7. The molecule has 0 aromatic heterocycles. The maximum atomic E-state index is 6.10. The third-order valence-electron chi connectivity index (χ3n) is 4.40. The van der Waals surface area contributed by atoms with Crippen LogP contribution in [0, 0.1) is 0 Å². The van der Waals surface area contributed by atoms with Crippen LogP contribution in [0.3, 0.4) is 0 Å². The molecule has 126 valence electrons. The summed E-state index contributed by atoms with van der Waals surface area (Å²) in [7, 11) is -3.48. The quantitative estimate of drug-likeness (QED) is 0.426. The molecule has 6 heteroatoms. The first-order chi connectivity index (χ1) is 9.99. The third-order valence-corrected chi connectivity index (χ3v) is 11.4. The molecule has 4 nitrogen and oxygen atoms in total. The second-order valence-corrected chi connectivity index (χ2v) is 13.3. The highest BCUT2D eigenvalue weighted by atomic mass is 28.4. The summed E-state index contributed by atoms with van der Waals surface area (Å²) in [5.41, 5.74) is 0. The van der Waals surface area contributed by atoms with Gasteiger partial charge in [0.2, 0.25) is 0 Å². The van der Waals surface area contributed by atoms with Gasteiger partial charge < -0.3 is 17.8 Å². The fraction of sp³-hybridized carbons (Fsp3) is 1.00. The Kier molecular flexibility index (Phi) is 8.67. The van der Waals surface area contributed by atoms with Gasteiger partial charge in [-0.05, 0) is 71.9 Å². The lowest BCUT2D eigenvalue weighted by molar-refractivity contribution is 0.187. The fourth-order valence-corrected chi connectivity index (χ4v) is 9.19. The molecule has 1 rings (SSSR count). The first kappa shape index (κ1) is 19.3. The van der Waals surface area contributed by atoms with E-state index < -0.39 is 17.0 Å². The predicted molar refractivity (Wildman–Crippen MR) is 93.2 cm³/mol. The standard InChI is InChI=1S/C15H35NO3Si2/c1-6-17-20(4)14-11-13-16(20)12-9-10-15-21(5,18-7-2)19-8-3/h6-15H2,1-5H3. The molecule has 1 fully saturated rings. The number of rotatable bonds is 11. The summed E-state index contributed by atoms with van der Waals surface area (Å²) in [6.45, 7) is 15.6. The van der Waals surface area contributed by atoms with Crippen LogP contribution < -0.4 is 0 Å². The summed E-state index contributed by atoms with van der Waals surface area (Å²) in [5.74, 6) is 0. The van der Waals surface area contributed by atoms with E-state index in [2.05, 4.69) is 38.4 Å². The van der Waals surface area contributed by atoms with Gasteiger partial charge in [-0.1, -0.05) is 6.42 Å². The predicted octanol–water partition coefficient (Wildman–Crippen LogP) is 3.73. The third kappa shape index (κ3) is 6.11. The lowest BCUT2D eigenvalue weighted by atomic mass is 10.3. The number of hydrogen-bond acceptors (Lipinski definition) is 4. The van der Waals surface area contributed by atoms with Crippen LogP contribution in [0.1, 0.15) is 40.0 Å². The molecule has 0 spiro atoms. The first-order valence-electron chi connectivity index (χ1n) is 8.66. The van der Waals surface area contributed by atoms with Crippen LogP contribution in [0.2, 0.25) is 25.2 Å². The van der Waals surface area contributed by atoms with Crippen molar-refractivity contribution in [1.29, 1.82) is 0 Å². The van der Waals surface area contributed by atoms with Crippen LogP contribution in [-0.2, 0) is 13.3 Å². The highest BCUT2D eigenvalue weighted by molar-refractivity contribution is 6.70. The number of unbranched alkanes of at least 4 members (excludes halogenated alkanes) is 1. The second kappa shape index (κ2) is 9.42. The van der Waals surface area contributed by atoms with Gasteiger partial charge in [0.05, 0.1) is 0 Å². The molecule has 0 amide bonds. The van der Waals surface area contributed by atoms with Crippen molar-refractivity contribution >= 4 is 17.0 Å². The van der Waals surface area contributed by atoms with Gasteiger partial charge in [-0.25, -0.2) is 0 Å². The molecule has 0 aromatic carbocycles.